The summed E-state index contributed by atoms with van der Waals surface area (Å²) in [5.74, 6) is 0.820. The zero-order valence-electron chi connectivity index (χ0n) is 12.7. The van der Waals surface area contributed by atoms with Gasteiger partial charge in [-0.15, -0.1) is 0 Å². The lowest BCUT2D eigenvalue weighted by Gasteiger charge is -2.31. The molecule has 19 heavy (non-hydrogen) atoms. The molecule has 0 saturated heterocycles. The maximum absolute atomic E-state index is 12.3. The lowest BCUT2D eigenvalue weighted by molar-refractivity contribution is 0.170. The average molecular weight is 289 g/mol. The molecule has 6 heteroatoms. The predicted molar refractivity (Wildman–Crippen MR) is 81.5 cm³/mol. The largest absolute Gasteiger partial charge is 0.465 e. The minimum Gasteiger partial charge on any atom is -0.465 e. The summed E-state index contributed by atoms with van der Waals surface area (Å²) in [4.78, 5) is 13.7. The number of ether oxygens (including phenoxy) is 1. The number of amides is 2. The molecule has 1 N–H and O–H groups in total. The van der Waals surface area contributed by atoms with Crippen LogP contribution in [0.15, 0.2) is 0 Å². The van der Waals surface area contributed by atoms with E-state index in [2.05, 4.69) is 6.92 Å². The zero-order valence-corrected chi connectivity index (χ0v) is 13.5. The SMILES string of the molecule is CCCCOC(=N)N(C(=O)N(C)SCC)C(C)CC. The predicted octanol–water partition coefficient (Wildman–Crippen LogP) is 3.56. The number of carbonyl (C=O) groups is 1. The molecule has 0 bridgehead atoms. The molecule has 0 aliphatic carbocycles. The molecule has 0 aromatic carbocycles. The van der Waals surface area contributed by atoms with Crippen molar-refractivity contribution in [3.05, 3.63) is 0 Å². The van der Waals surface area contributed by atoms with Crippen LogP contribution in [0.2, 0.25) is 0 Å². The summed E-state index contributed by atoms with van der Waals surface area (Å²) in [6.45, 7) is 8.47. The quantitative estimate of drug-likeness (QED) is 0.337. The van der Waals surface area contributed by atoms with E-state index in [1.165, 1.54) is 16.8 Å². The summed E-state index contributed by atoms with van der Waals surface area (Å²) in [7, 11) is 1.73. The first-order chi connectivity index (χ1) is 8.99. The Labute approximate surface area is 121 Å². The van der Waals surface area contributed by atoms with E-state index in [9.17, 15) is 4.79 Å². The van der Waals surface area contributed by atoms with Crippen LogP contribution in [0.4, 0.5) is 4.79 Å². The number of urea groups is 1. The van der Waals surface area contributed by atoms with Crippen molar-refractivity contribution in [2.75, 3.05) is 19.4 Å². The van der Waals surface area contributed by atoms with E-state index in [-0.39, 0.29) is 18.1 Å². The summed E-state index contributed by atoms with van der Waals surface area (Å²) in [6, 6.07) is -0.277. The lowest BCUT2D eigenvalue weighted by Crippen LogP contribution is -2.48. The van der Waals surface area contributed by atoms with Crippen molar-refractivity contribution in [1.82, 2.24) is 9.21 Å². The van der Waals surface area contributed by atoms with Gasteiger partial charge in [0, 0.05) is 18.8 Å². The van der Waals surface area contributed by atoms with E-state index < -0.39 is 0 Å². The number of amidine groups is 1. The summed E-state index contributed by atoms with van der Waals surface area (Å²) in [5.41, 5.74) is 0. The average Bonchev–Trinajstić information content (AvgIpc) is 2.39. The minimum atomic E-state index is -0.192. The molecule has 1 unspecified atom stereocenters. The fourth-order valence-electron chi connectivity index (χ4n) is 1.44. The van der Waals surface area contributed by atoms with E-state index >= 15 is 0 Å². The van der Waals surface area contributed by atoms with Crippen molar-refractivity contribution >= 4 is 24.0 Å². The van der Waals surface area contributed by atoms with E-state index in [0.29, 0.717) is 6.61 Å². The molecule has 0 heterocycles. The van der Waals surface area contributed by atoms with Crippen LogP contribution >= 0.6 is 11.9 Å². The molecule has 0 aliphatic heterocycles. The summed E-state index contributed by atoms with van der Waals surface area (Å²) in [5, 5.41) is 7.96. The third-order valence-electron chi connectivity index (χ3n) is 2.79. The zero-order chi connectivity index (χ0) is 14.8. The second-order valence-corrected chi connectivity index (χ2v) is 5.72. The first-order valence-corrected chi connectivity index (χ1v) is 7.84. The van der Waals surface area contributed by atoms with Crippen molar-refractivity contribution in [1.29, 1.82) is 5.41 Å². The van der Waals surface area contributed by atoms with Gasteiger partial charge in [0.05, 0.1) is 6.61 Å². The first kappa shape index (κ1) is 18.1. The molecule has 0 aromatic rings. The molecule has 112 valence electrons. The Balaban J connectivity index is 4.70. The topological polar surface area (TPSA) is 56.6 Å². The van der Waals surface area contributed by atoms with E-state index in [1.807, 2.05) is 20.8 Å². The highest BCUT2D eigenvalue weighted by atomic mass is 32.2. The Morgan fingerprint density at radius 3 is 2.47 bits per heavy atom. The van der Waals surface area contributed by atoms with Gasteiger partial charge >= 0.3 is 6.03 Å². The van der Waals surface area contributed by atoms with Crippen LogP contribution in [-0.2, 0) is 4.74 Å². The van der Waals surface area contributed by atoms with Gasteiger partial charge in [0.25, 0.3) is 6.02 Å². The highest BCUT2D eigenvalue weighted by Gasteiger charge is 2.27. The number of nitrogens with one attached hydrogen (secondary N) is 1. The normalized spacial score (nSPS) is 11.8. The Morgan fingerprint density at radius 2 is 2.00 bits per heavy atom. The van der Waals surface area contributed by atoms with E-state index in [0.717, 1.165) is 25.0 Å². The van der Waals surface area contributed by atoms with E-state index in [1.54, 1.807) is 11.4 Å². The third-order valence-corrected chi connectivity index (χ3v) is 3.59. The van der Waals surface area contributed by atoms with Gasteiger partial charge in [0.2, 0.25) is 0 Å². The van der Waals surface area contributed by atoms with Crippen LogP contribution in [0.1, 0.15) is 47.0 Å². The molecule has 0 fully saturated rings. The third kappa shape index (κ3) is 6.18. The van der Waals surface area contributed by atoms with Gasteiger partial charge in [-0.25, -0.2) is 9.69 Å². The highest BCUT2D eigenvalue weighted by molar-refractivity contribution is 7.97. The van der Waals surface area contributed by atoms with Crippen molar-refractivity contribution in [2.24, 2.45) is 0 Å². The molecule has 1 atom stereocenters. The summed E-state index contributed by atoms with van der Waals surface area (Å²) < 4.78 is 6.93. The fourth-order valence-corrected chi connectivity index (χ4v) is 2.03. The van der Waals surface area contributed by atoms with Crippen LogP contribution < -0.4 is 0 Å². The van der Waals surface area contributed by atoms with Crippen LogP contribution in [0.3, 0.4) is 0 Å². The second kappa shape index (κ2) is 9.95. The van der Waals surface area contributed by atoms with Gasteiger partial charge in [-0.1, -0.05) is 27.2 Å². The Hall–Kier alpha value is -0.910. The minimum absolute atomic E-state index is 0.0402. The number of unbranched alkanes of at least 4 members (excludes halogenated alkanes) is 1. The Bertz CT molecular complexity index is 287. The molecular weight excluding hydrogens is 262 g/mol. The number of rotatable bonds is 7. The molecular formula is C13H27N3O2S. The van der Waals surface area contributed by atoms with Crippen molar-refractivity contribution in [3.63, 3.8) is 0 Å². The summed E-state index contributed by atoms with van der Waals surface area (Å²) in [6.07, 6.45) is 2.69. The lowest BCUT2D eigenvalue weighted by atomic mass is 10.2. The Kier molecular flexibility index (Phi) is 9.47. The smallest absolute Gasteiger partial charge is 0.338 e. The van der Waals surface area contributed by atoms with Crippen molar-refractivity contribution in [2.45, 2.75) is 53.0 Å². The molecule has 2 amide bonds. The van der Waals surface area contributed by atoms with Crippen molar-refractivity contribution < 1.29 is 9.53 Å². The van der Waals surface area contributed by atoms with Crippen LogP contribution in [0, 0.1) is 5.41 Å². The molecule has 0 aliphatic rings. The van der Waals surface area contributed by atoms with E-state index in [4.69, 9.17) is 10.1 Å². The van der Waals surface area contributed by atoms with Gasteiger partial charge in [0.1, 0.15) is 0 Å². The second-order valence-electron chi connectivity index (χ2n) is 4.33. The van der Waals surface area contributed by atoms with Crippen LogP contribution in [0.5, 0.6) is 0 Å². The molecule has 0 aromatic heterocycles. The first-order valence-electron chi connectivity index (χ1n) is 6.90. The van der Waals surface area contributed by atoms with Gasteiger partial charge < -0.3 is 4.74 Å². The molecule has 5 nitrogen and oxygen atoms in total. The van der Waals surface area contributed by atoms with Crippen molar-refractivity contribution in [3.8, 4) is 0 Å². The molecule has 0 saturated carbocycles. The fraction of sp³-hybridized carbons (Fsp3) is 0.846. The maximum Gasteiger partial charge on any atom is 0.338 e. The van der Waals surface area contributed by atoms with Gasteiger partial charge in [-0.05, 0) is 31.7 Å². The number of nitrogens with zero attached hydrogens (tertiary/aromatic N) is 2. The summed E-state index contributed by atoms with van der Waals surface area (Å²) >= 11 is 1.43. The number of carbonyl (C=O) groups excluding carboxylic acids is 1. The monoisotopic (exact) mass is 289 g/mol. The van der Waals surface area contributed by atoms with Crippen LogP contribution in [-0.4, -0.2) is 46.7 Å². The maximum atomic E-state index is 12.3. The number of hydrogen-bond acceptors (Lipinski definition) is 4. The van der Waals surface area contributed by atoms with Gasteiger partial charge in [-0.3, -0.25) is 9.71 Å². The van der Waals surface area contributed by atoms with Gasteiger partial charge in [-0.2, -0.15) is 0 Å². The van der Waals surface area contributed by atoms with Gasteiger partial charge in [0.15, 0.2) is 0 Å². The Morgan fingerprint density at radius 1 is 1.37 bits per heavy atom. The molecule has 0 rings (SSSR count). The molecule has 0 radical (unpaired) electrons. The van der Waals surface area contributed by atoms with Crippen LogP contribution in [0.25, 0.3) is 0 Å². The number of hydrogen-bond donors (Lipinski definition) is 1. The molecule has 0 spiro atoms. The standard InChI is InChI=1S/C13H27N3O2S/c1-6-9-10-18-12(14)16(11(4)7-2)13(17)15(5)19-8-3/h11,14H,6-10H2,1-5H3. The highest BCUT2D eigenvalue weighted by Crippen LogP contribution is 2.14.